The summed E-state index contributed by atoms with van der Waals surface area (Å²) in [6.45, 7) is 2.07. The van der Waals surface area contributed by atoms with E-state index in [9.17, 15) is 9.59 Å². The molecule has 1 fully saturated rings. The maximum absolute atomic E-state index is 14.1. The molecule has 1 aliphatic rings. The summed E-state index contributed by atoms with van der Waals surface area (Å²) >= 11 is 0. The van der Waals surface area contributed by atoms with Crippen molar-refractivity contribution in [3.8, 4) is 0 Å². The molecule has 0 unspecified atom stereocenters. The van der Waals surface area contributed by atoms with Gasteiger partial charge in [0.15, 0.2) is 5.78 Å². The van der Waals surface area contributed by atoms with Crippen LogP contribution in [-0.2, 0) is 33.7 Å². The van der Waals surface area contributed by atoms with Crippen LogP contribution >= 0.6 is 0 Å². The van der Waals surface area contributed by atoms with E-state index in [2.05, 4.69) is 27.0 Å². The molecule has 9 heteroatoms. The van der Waals surface area contributed by atoms with Gasteiger partial charge in [-0.1, -0.05) is 90.1 Å². The average molecular weight is 568 g/mol. The fourth-order valence-electron chi connectivity index (χ4n) is 5.55. The molecule has 3 aromatic carbocycles. The third-order valence-corrected chi connectivity index (χ3v) is 7.72. The van der Waals surface area contributed by atoms with Gasteiger partial charge in [0, 0.05) is 25.1 Å². The van der Waals surface area contributed by atoms with Gasteiger partial charge in [-0.3, -0.25) is 9.48 Å². The molecule has 1 saturated heterocycles. The number of nitrogens with zero attached hydrogens (tertiary/aromatic N) is 3. The molecule has 2 heterocycles. The number of aromatic nitrogens is 3. The highest BCUT2D eigenvalue weighted by molar-refractivity contribution is 5.90. The number of ketones is 1. The Labute approximate surface area is 246 Å². The summed E-state index contributed by atoms with van der Waals surface area (Å²) in [5.74, 6) is -0.463. The molecule has 3 atom stereocenters. The van der Waals surface area contributed by atoms with E-state index in [1.165, 1.54) is 7.11 Å². The average Bonchev–Trinajstić information content (AvgIpc) is 3.55. The number of amides is 1. The van der Waals surface area contributed by atoms with E-state index in [1.807, 2.05) is 85.1 Å². The summed E-state index contributed by atoms with van der Waals surface area (Å²) in [4.78, 5) is 26.5. The lowest BCUT2D eigenvalue weighted by atomic mass is 9.81. The highest BCUT2D eigenvalue weighted by Crippen LogP contribution is 2.30. The molecule has 5 rings (SSSR count). The van der Waals surface area contributed by atoms with Crippen LogP contribution in [0.3, 0.4) is 0 Å². The predicted molar refractivity (Wildman–Crippen MR) is 159 cm³/mol. The predicted octanol–water partition coefficient (Wildman–Crippen LogP) is 3.94. The number of hydrogen-bond acceptors (Lipinski definition) is 7. The Morgan fingerprint density at radius 3 is 2.26 bits per heavy atom. The Bertz CT molecular complexity index is 1370. The first kappa shape index (κ1) is 29.2. The Morgan fingerprint density at radius 1 is 1.00 bits per heavy atom. The van der Waals surface area contributed by atoms with Crippen LogP contribution < -0.4 is 10.6 Å². The van der Waals surface area contributed by atoms with Crippen molar-refractivity contribution in [2.75, 3.05) is 20.3 Å². The van der Waals surface area contributed by atoms with Crippen molar-refractivity contribution >= 4 is 11.9 Å². The molecule has 1 amide bonds. The van der Waals surface area contributed by atoms with Crippen LogP contribution in [0.2, 0.25) is 0 Å². The first-order chi connectivity index (χ1) is 20.6. The number of methoxy groups -OCH3 is 1. The van der Waals surface area contributed by atoms with Crippen LogP contribution in [-0.4, -0.2) is 65.3 Å². The molecule has 9 nitrogen and oxygen atoms in total. The second-order valence-electron chi connectivity index (χ2n) is 10.5. The summed E-state index contributed by atoms with van der Waals surface area (Å²) in [6, 6.07) is 27.0. The zero-order valence-corrected chi connectivity index (χ0v) is 23.8. The zero-order valence-electron chi connectivity index (χ0n) is 23.8. The van der Waals surface area contributed by atoms with Gasteiger partial charge in [-0.05, 0) is 35.1 Å². The van der Waals surface area contributed by atoms with Crippen LogP contribution in [0.25, 0.3) is 0 Å². The molecule has 4 aromatic rings. The first-order valence-electron chi connectivity index (χ1n) is 14.3. The second kappa shape index (κ2) is 14.5. The molecule has 0 saturated carbocycles. The maximum atomic E-state index is 14.1. The smallest absolute Gasteiger partial charge is 0.407 e. The van der Waals surface area contributed by atoms with Crippen molar-refractivity contribution in [3.63, 3.8) is 0 Å². The Morgan fingerprint density at radius 2 is 1.67 bits per heavy atom. The minimum atomic E-state index is -0.817. The number of rotatable bonds is 12. The van der Waals surface area contributed by atoms with Crippen molar-refractivity contribution < 1.29 is 19.1 Å². The number of hydrogen-bond donors (Lipinski definition) is 2. The molecule has 0 bridgehead atoms. The van der Waals surface area contributed by atoms with E-state index < -0.39 is 12.1 Å². The molecule has 42 heavy (non-hydrogen) atoms. The SMILES string of the molecule is COC(=O)N[C@H](C(=O)Cc1ccccc1CC[C@@H]1CN[C@H](Cn2ccnn2)CO1)C(c1ccccc1)c1ccccc1. The number of nitrogens with one attached hydrogen (secondary N) is 2. The summed E-state index contributed by atoms with van der Waals surface area (Å²) in [7, 11) is 1.31. The quantitative estimate of drug-likeness (QED) is 0.267. The van der Waals surface area contributed by atoms with Crippen molar-refractivity contribution in [2.45, 2.75) is 49.9 Å². The summed E-state index contributed by atoms with van der Waals surface area (Å²) < 4.78 is 12.9. The number of ether oxygens (including phenoxy) is 2. The molecule has 1 aliphatic heterocycles. The van der Waals surface area contributed by atoms with Gasteiger partial charge in [0.1, 0.15) is 6.04 Å². The van der Waals surface area contributed by atoms with Gasteiger partial charge >= 0.3 is 6.09 Å². The second-order valence-corrected chi connectivity index (χ2v) is 10.5. The lowest BCUT2D eigenvalue weighted by molar-refractivity contribution is -0.120. The van der Waals surface area contributed by atoms with Gasteiger partial charge in [-0.15, -0.1) is 5.10 Å². The standard InChI is InChI=1S/C33H37N5O4/c1-41-33(40)36-32(31(25-11-4-2-5-12-25)26-13-6-3-7-14-26)30(39)20-27-15-9-8-10-24(27)16-17-29-21-34-28(23-42-29)22-38-19-18-35-37-38/h2-15,18-19,28-29,31-32,34H,16-17,20-23H2,1H3,(H,36,40)/t28-,29-,32-/m1/s1. The fourth-order valence-corrected chi connectivity index (χ4v) is 5.55. The third kappa shape index (κ3) is 7.69. The van der Waals surface area contributed by atoms with E-state index in [-0.39, 0.29) is 30.3 Å². The third-order valence-electron chi connectivity index (χ3n) is 7.72. The lowest BCUT2D eigenvalue weighted by Gasteiger charge is -2.30. The lowest BCUT2D eigenvalue weighted by Crippen LogP contribution is -2.48. The van der Waals surface area contributed by atoms with E-state index in [4.69, 9.17) is 9.47 Å². The summed E-state index contributed by atoms with van der Waals surface area (Å²) in [5.41, 5.74) is 3.94. The molecular formula is C33H37N5O4. The van der Waals surface area contributed by atoms with E-state index >= 15 is 0 Å². The number of benzene rings is 3. The van der Waals surface area contributed by atoms with Crippen LogP contribution in [0.5, 0.6) is 0 Å². The fraction of sp³-hybridized carbons (Fsp3) is 0.333. The number of Topliss-reactive ketones (excluding diaryl/α,β-unsaturated/α-hetero) is 1. The first-order valence-corrected chi connectivity index (χ1v) is 14.3. The Kier molecular flexibility index (Phi) is 10.1. The van der Waals surface area contributed by atoms with Crippen LogP contribution in [0.1, 0.15) is 34.6 Å². The van der Waals surface area contributed by atoms with Crippen LogP contribution in [0.4, 0.5) is 4.79 Å². The van der Waals surface area contributed by atoms with Crippen molar-refractivity contribution in [3.05, 3.63) is 120 Å². The highest BCUT2D eigenvalue weighted by atomic mass is 16.5. The van der Waals surface area contributed by atoms with Gasteiger partial charge in [0.05, 0.1) is 38.6 Å². The minimum Gasteiger partial charge on any atom is -0.453 e. The molecule has 0 aliphatic carbocycles. The summed E-state index contributed by atoms with van der Waals surface area (Å²) in [6.07, 6.45) is 4.75. The zero-order chi connectivity index (χ0) is 29.1. The number of carbonyl (C=O) groups excluding carboxylic acids is 2. The largest absolute Gasteiger partial charge is 0.453 e. The number of aryl methyl sites for hydroxylation is 1. The van der Waals surface area contributed by atoms with Gasteiger partial charge in [-0.25, -0.2) is 4.79 Å². The van der Waals surface area contributed by atoms with E-state index in [1.54, 1.807) is 10.9 Å². The number of carbonyl (C=O) groups is 2. The van der Waals surface area contributed by atoms with E-state index in [0.29, 0.717) is 13.2 Å². The van der Waals surface area contributed by atoms with Crippen LogP contribution in [0, 0.1) is 0 Å². The molecule has 0 radical (unpaired) electrons. The molecule has 218 valence electrons. The summed E-state index contributed by atoms with van der Waals surface area (Å²) in [5, 5.41) is 14.3. The minimum absolute atomic E-state index is 0.0787. The van der Waals surface area contributed by atoms with Gasteiger partial charge in [-0.2, -0.15) is 0 Å². The maximum Gasteiger partial charge on any atom is 0.407 e. The topological polar surface area (TPSA) is 107 Å². The van der Waals surface area contributed by atoms with Crippen LogP contribution in [0.15, 0.2) is 97.3 Å². The van der Waals surface area contributed by atoms with Crippen molar-refractivity contribution in [1.82, 2.24) is 25.6 Å². The Hall–Kier alpha value is -4.34. The molecule has 1 aromatic heterocycles. The van der Waals surface area contributed by atoms with Gasteiger partial charge in [0.25, 0.3) is 0 Å². The van der Waals surface area contributed by atoms with E-state index in [0.717, 1.165) is 41.6 Å². The monoisotopic (exact) mass is 567 g/mol. The molecular weight excluding hydrogens is 530 g/mol. The number of alkyl carbamates (subject to hydrolysis) is 1. The van der Waals surface area contributed by atoms with Gasteiger partial charge < -0.3 is 20.1 Å². The highest BCUT2D eigenvalue weighted by Gasteiger charge is 2.33. The Balaban J connectivity index is 1.28. The van der Waals surface area contributed by atoms with Crippen molar-refractivity contribution in [2.24, 2.45) is 0 Å². The molecule has 0 spiro atoms. The van der Waals surface area contributed by atoms with Crippen molar-refractivity contribution in [1.29, 1.82) is 0 Å². The number of morpholine rings is 1. The normalized spacial score (nSPS) is 17.5. The van der Waals surface area contributed by atoms with Gasteiger partial charge in [0.2, 0.25) is 0 Å². The molecule has 2 N–H and O–H groups in total.